The van der Waals surface area contributed by atoms with Gasteiger partial charge in [-0.1, -0.05) is 0 Å². The van der Waals surface area contributed by atoms with Crippen LogP contribution in [0.25, 0.3) is 0 Å². The first-order chi connectivity index (χ1) is 4.77. The third-order valence-corrected chi connectivity index (χ3v) is 3.01. The van der Waals surface area contributed by atoms with Gasteiger partial charge in [0.25, 0.3) is 0 Å². The molecular weight excluding hydrogens is 148 g/mol. The number of carbonyl (C=O) groups is 1. The van der Waals surface area contributed by atoms with Crippen LogP contribution in [0.2, 0.25) is 0 Å². The first-order valence-corrected chi connectivity index (χ1v) is 4.67. The Bertz CT molecular complexity index is 130. The van der Waals surface area contributed by atoms with E-state index >= 15 is 0 Å². The van der Waals surface area contributed by atoms with E-state index in [-0.39, 0.29) is 11.9 Å². The Morgan fingerprint density at radius 2 is 2.20 bits per heavy atom. The molecule has 1 rings (SSSR count). The SMILES string of the molecule is COC(=O)C1CC(SC)C1. The number of rotatable bonds is 2. The zero-order chi connectivity index (χ0) is 7.56. The molecule has 0 aromatic heterocycles. The van der Waals surface area contributed by atoms with E-state index in [4.69, 9.17) is 0 Å². The molecule has 0 spiro atoms. The van der Waals surface area contributed by atoms with Crippen molar-refractivity contribution in [2.45, 2.75) is 18.1 Å². The second kappa shape index (κ2) is 3.28. The molecule has 1 aliphatic rings. The monoisotopic (exact) mass is 160 g/mol. The van der Waals surface area contributed by atoms with E-state index in [2.05, 4.69) is 11.0 Å². The van der Waals surface area contributed by atoms with E-state index in [0.29, 0.717) is 5.25 Å². The molecule has 0 saturated heterocycles. The molecule has 1 saturated carbocycles. The maximum Gasteiger partial charge on any atom is 0.308 e. The number of hydrogen-bond acceptors (Lipinski definition) is 3. The van der Waals surface area contributed by atoms with Crippen LogP contribution in [0.15, 0.2) is 0 Å². The average molecular weight is 160 g/mol. The minimum atomic E-state index is -0.0368. The fourth-order valence-electron chi connectivity index (χ4n) is 1.12. The number of esters is 1. The molecule has 0 aromatic rings. The number of hydrogen-bond donors (Lipinski definition) is 0. The van der Waals surface area contributed by atoms with E-state index in [1.807, 2.05) is 11.8 Å². The molecule has 10 heavy (non-hydrogen) atoms. The molecule has 0 unspecified atom stereocenters. The van der Waals surface area contributed by atoms with Gasteiger partial charge in [0.2, 0.25) is 0 Å². The van der Waals surface area contributed by atoms with Gasteiger partial charge in [-0.05, 0) is 19.1 Å². The highest BCUT2D eigenvalue weighted by atomic mass is 32.2. The number of carbonyl (C=O) groups excluding carboxylic acids is 1. The molecule has 0 N–H and O–H groups in total. The summed E-state index contributed by atoms with van der Waals surface area (Å²) in [6.45, 7) is 0. The van der Waals surface area contributed by atoms with Crippen molar-refractivity contribution >= 4 is 17.7 Å². The molecule has 0 atom stereocenters. The molecule has 2 nitrogen and oxygen atoms in total. The van der Waals surface area contributed by atoms with Gasteiger partial charge in [-0.2, -0.15) is 11.8 Å². The summed E-state index contributed by atoms with van der Waals surface area (Å²) < 4.78 is 4.60. The highest BCUT2D eigenvalue weighted by Crippen LogP contribution is 2.35. The van der Waals surface area contributed by atoms with Crippen molar-refractivity contribution in [2.75, 3.05) is 13.4 Å². The zero-order valence-electron chi connectivity index (χ0n) is 6.29. The zero-order valence-corrected chi connectivity index (χ0v) is 7.11. The van der Waals surface area contributed by atoms with Crippen molar-refractivity contribution in [1.82, 2.24) is 0 Å². The Hall–Kier alpha value is -0.180. The lowest BCUT2D eigenvalue weighted by Gasteiger charge is -2.31. The molecule has 0 heterocycles. The molecule has 0 amide bonds. The van der Waals surface area contributed by atoms with Gasteiger partial charge in [0.15, 0.2) is 0 Å². The van der Waals surface area contributed by atoms with Crippen molar-refractivity contribution in [1.29, 1.82) is 0 Å². The summed E-state index contributed by atoms with van der Waals surface area (Å²) >= 11 is 1.84. The molecule has 0 aromatic carbocycles. The maximum atomic E-state index is 10.8. The highest BCUT2D eigenvalue weighted by molar-refractivity contribution is 7.99. The van der Waals surface area contributed by atoms with Gasteiger partial charge < -0.3 is 4.74 Å². The van der Waals surface area contributed by atoms with Crippen LogP contribution in [0.5, 0.6) is 0 Å². The van der Waals surface area contributed by atoms with Gasteiger partial charge in [-0.3, -0.25) is 4.79 Å². The normalized spacial score (nSPS) is 31.0. The summed E-state index contributed by atoms with van der Waals surface area (Å²) in [6.07, 6.45) is 4.10. The van der Waals surface area contributed by atoms with Crippen LogP contribution in [0.1, 0.15) is 12.8 Å². The van der Waals surface area contributed by atoms with Crippen LogP contribution in [0, 0.1) is 5.92 Å². The van der Waals surface area contributed by atoms with Gasteiger partial charge in [-0.15, -0.1) is 0 Å². The van der Waals surface area contributed by atoms with Crippen LogP contribution < -0.4 is 0 Å². The van der Waals surface area contributed by atoms with Gasteiger partial charge >= 0.3 is 5.97 Å². The van der Waals surface area contributed by atoms with E-state index in [1.165, 1.54) is 7.11 Å². The van der Waals surface area contributed by atoms with E-state index in [9.17, 15) is 4.79 Å². The lowest BCUT2D eigenvalue weighted by molar-refractivity contribution is -0.147. The molecule has 1 aliphatic carbocycles. The van der Waals surface area contributed by atoms with Gasteiger partial charge in [-0.25, -0.2) is 0 Å². The van der Waals surface area contributed by atoms with Crippen LogP contribution in [0.3, 0.4) is 0 Å². The number of thioether (sulfide) groups is 1. The van der Waals surface area contributed by atoms with E-state index in [1.54, 1.807) is 0 Å². The lowest BCUT2D eigenvalue weighted by atomic mass is 9.85. The molecule has 58 valence electrons. The van der Waals surface area contributed by atoms with Crippen molar-refractivity contribution in [3.63, 3.8) is 0 Å². The maximum absolute atomic E-state index is 10.8. The second-order valence-electron chi connectivity index (χ2n) is 2.55. The third-order valence-electron chi connectivity index (χ3n) is 1.96. The van der Waals surface area contributed by atoms with Crippen LogP contribution in [-0.2, 0) is 9.53 Å². The minimum Gasteiger partial charge on any atom is -0.469 e. The summed E-state index contributed by atoms with van der Waals surface area (Å²) in [6, 6.07) is 0. The van der Waals surface area contributed by atoms with Crippen LogP contribution >= 0.6 is 11.8 Å². The van der Waals surface area contributed by atoms with Crippen LogP contribution in [0.4, 0.5) is 0 Å². The number of ether oxygens (including phenoxy) is 1. The third kappa shape index (κ3) is 1.45. The Morgan fingerprint density at radius 1 is 1.60 bits per heavy atom. The highest BCUT2D eigenvalue weighted by Gasteiger charge is 2.34. The minimum absolute atomic E-state index is 0.0368. The smallest absolute Gasteiger partial charge is 0.308 e. The summed E-state index contributed by atoms with van der Waals surface area (Å²) in [4.78, 5) is 10.8. The Morgan fingerprint density at radius 3 is 2.60 bits per heavy atom. The summed E-state index contributed by atoms with van der Waals surface area (Å²) in [7, 11) is 1.45. The topological polar surface area (TPSA) is 26.3 Å². The Labute approximate surface area is 65.3 Å². The van der Waals surface area contributed by atoms with E-state index < -0.39 is 0 Å². The van der Waals surface area contributed by atoms with E-state index in [0.717, 1.165) is 12.8 Å². The van der Waals surface area contributed by atoms with Crippen molar-refractivity contribution in [3.8, 4) is 0 Å². The predicted molar refractivity (Wildman–Crippen MR) is 42.0 cm³/mol. The fourth-order valence-corrected chi connectivity index (χ4v) is 1.97. The second-order valence-corrected chi connectivity index (χ2v) is 3.69. The molecule has 0 aliphatic heterocycles. The summed E-state index contributed by atoms with van der Waals surface area (Å²) in [5.74, 6) is 0.160. The van der Waals surface area contributed by atoms with Crippen molar-refractivity contribution in [3.05, 3.63) is 0 Å². The van der Waals surface area contributed by atoms with Gasteiger partial charge in [0.05, 0.1) is 13.0 Å². The standard InChI is InChI=1S/C7H12O2S/c1-9-7(8)5-3-6(4-5)10-2/h5-6H,3-4H2,1-2H3. The fraction of sp³-hybridized carbons (Fsp3) is 0.857. The Kier molecular flexibility index (Phi) is 2.60. The quantitative estimate of drug-likeness (QED) is 0.569. The molecule has 0 bridgehead atoms. The molecule has 1 fully saturated rings. The molecule has 0 radical (unpaired) electrons. The van der Waals surface area contributed by atoms with Gasteiger partial charge in [0.1, 0.15) is 0 Å². The van der Waals surface area contributed by atoms with Crippen molar-refractivity contribution in [2.24, 2.45) is 5.92 Å². The Balaban J connectivity index is 2.19. The summed E-state index contributed by atoms with van der Waals surface area (Å²) in [5.41, 5.74) is 0. The van der Waals surface area contributed by atoms with Gasteiger partial charge in [0, 0.05) is 5.25 Å². The molecule has 3 heteroatoms. The van der Waals surface area contributed by atoms with Crippen molar-refractivity contribution < 1.29 is 9.53 Å². The first-order valence-electron chi connectivity index (χ1n) is 3.38. The first kappa shape index (κ1) is 7.92. The van der Waals surface area contributed by atoms with Crippen LogP contribution in [-0.4, -0.2) is 24.6 Å². The average Bonchev–Trinajstić information content (AvgIpc) is 1.85. The lowest BCUT2D eigenvalue weighted by Crippen LogP contribution is -2.32. The molecular formula is C7H12O2S. The largest absolute Gasteiger partial charge is 0.469 e. The summed E-state index contributed by atoms with van der Waals surface area (Å²) in [5, 5.41) is 0.698. The predicted octanol–water partition coefficient (Wildman–Crippen LogP) is 1.30. The number of methoxy groups -OCH3 is 1.